The number of anilines is 1. The van der Waals surface area contributed by atoms with Crippen LogP contribution in [-0.2, 0) is 10.0 Å². The first-order chi connectivity index (χ1) is 15.7. The third-order valence-corrected chi connectivity index (χ3v) is 7.66. The number of H-pyrrole nitrogens is 1. The Morgan fingerprint density at radius 3 is 2.64 bits per heavy atom. The van der Waals surface area contributed by atoms with Crippen molar-refractivity contribution in [2.75, 3.05) is 32.6 Å². The van der Waals surface area contributed by atoms with Crippen LogP contribution in [0, 0.1) is 5.41 Å². The summed E-state index contributed by atoms with van der Waals surface area (Å²) >= 11 is 0. The second-order valence-electron chi connectivity index (χ2n) is 8.22. The van der Waals surface area contributed by atoms with Gasteiger partial charge in [0.2, 0.25) is 10.0 Å². The van der Waals surface area contributed by atoms with E-state index in [0.717, 1.165) is 25.7 Å². The van der Waals surface area contributed by atoms with Crippen LogP contribution in [0.4, 0.5) is 5.69 Å². The van der Waals surface area contributed by atoms with Gasteiger partial charge in [0.25, 0.3) is 5.56 Å². The summed E-state index contributed by atoms with van der Waals surface area (Å²) in [6.07, 6.45) is 5.34. The second-order valence-corrected chi connectivity index (χ2v) is 10.3. The zero-order chi connectivity index (χ0) is 24.2. The Bertz CT molecular complexity index is 1170. The topological polar surface area (TPSA) is 154 Å². The van der Waals surface area contributed by atoms with Crippen LogP contribution >= 0.6 is 0 Å². The number of sulfonamides is 1. The van der Waals surface area contributed by atoms with E-state index in [-0.39, 0.29) is 52.6 Å². The number of methoxy groups -OCH3 is 1. The molecule has 33 heavy (non-hydrogen) atoms. The SMILES string of the molecule is COc1cc(S(=O)(=O)N(C)CCN)ccc1-c1nc(C(C)=N)c(NC2CCCCC2)c(=O)[nH]1. The number of nitrogens with two attached hydrogens (primary N) is 1. The lowest BCUT2D eigenvalue weighted by molar-refractivity contribution is 0.414. The molecule has 0 bridgehead atoms. The predicted octanol–water partition coefficient (Wildman–Crippen LogP) is 2.16. The second kappa shape index (κ2) is 10.4. The van der Waals surface area contributed by atoms with Crippen molar-refractivity contribution >= 4 is 21.4 Å². The average molecular weight is 477 g/mol. The molecule has 180 valence electrons. The Balaban J connectivity index is 2.03. The van der Waals surface area contributed by atoms with Crippen molar-refractivity contribution < 1.29 is 13.2 Å². The molecule has 1 aliphatic carbocycles. The van der Waals surface area contributed by atoms with E-state index in [1.807, 2.05) is 0 Å². The summed E-state index contributed by atoms with van der Waals surface area (Å²) in [6, 6.07) is 4.54. The molecule has 5 N–H and O–H groups in total. The smallest absolute Gasteiger partial charge is 0.275 e. The molecule has 11 heteroatoms. The lowest BCUT2D eigenvalue weighted by Crippen LogP contribution is -2.31. The van der Waals surface area contributed by atoms with Crippen molar-refractivity contribution in [2.45, 2.75) is 50.0 Å². The van der Waals surface area contributed by atoms with Gasteiger partial charge in [-0.05, 0) is 31.9 Å². The number of aromatic amines is 1. The molecule has 0 spiro atoms. The third-order valence-electron chi connectivity index (χ3n) is 5.81. The minimum Gasteiger partial charge on any atom is -0.496 e. The Morgan fingerprint density at radius 1 is 1.33 bits per heavy atom. The molecule has 1 aromatic carbocycles. The standard InChI is InChI=1S/C22H32N6O4S/c1-14(24)19-20(25-15-7-5-4-6-8-15)22(29)27-21(26-19)17-10-9-16(13-18(17)32-3)33(30,31)28(2)12-11-23/h9-10,13,15,24-25H,4-8,11-12,23H2,1-3H3,(H,26,27,29). The highest BCUT2D eigenvalue weighted by molar-refractivity contribution is 7.89. The molecule has 2 aromatic rings. The van der Waals surface area contributed by atoms with Gasteiger partial charge in [-0.15, -0.1) is 0 Å². The number of aromatic nitrogens is 2. The van der Waals surface area contributed by atoms with Crippen LogP contribution in [0.25, 0.3) is 11.4 Å². The van der Waals surface area contributed by atoms with Crippen molar-refractivity contribution in [3.8, 4) is 17.1 Å². The van der Waals surface area contributed by atoms with Gasteiger partial charge in [0.15, 0.2) is 0 Å². The van der Waals surface area contributed by atoms with Gasteiger partial charge in [-0.1, -0.05) is 19.3 Å². The Labute approximate surface area is 194 Å². The number of likely N-dealkylation sites (N-methyl/N-ethyl adjacent to an activating group) is 1. The molecular formula is C22H32N6O4S. The van der Waals surface area contributed by atoms with E-state index >= 15 is 0 Å². The molecule has 1 fully saturated rings. The van der Waals surface area contributed by atoms with E-state index in [2.05, 4.69) is 15.3 Å². The highest BCUT2D eigenvalue weighted by atomic mass is 32.2. The van der Waals surface area contributed by atoms with Gasteiger partial charge in [0.1, 0.15) is 23.0 Å². The van der Waals surface area contributed by atoms with Crippen LogP contribution in [0.5, 0.6) is 5.75 Å². The molecule has 0 aliphatic heterocycles. The molecule has 1 aromatic heterocycles. The van der Waals surface area contributed by atoms with Gasteiger partial charge < -0.3 is 26.2 Å². The summed E-state index contributed by atoms with van der Waals surface area (Å²) in [5, 5.41) is 11.5. The van der Waals surface area contributed by atoms with E-state index in [4.69, 9.17) is 15.9 Å². The van der Waals surface area contributed by atoms with Crippen LogP contribution in [0.1, 0.15) is 44.7 Å². The maximum absolute atomic E-state index is 13.0. The van der Waals surface area contributed by atoms with E-state index in [1.165, 1.54) is 43.1 Å². The number of ether oxygens (including phenoxy) is 1. The Kier molecular flexibility index (Phi) is 7.88. The van der Waals surface area contributed by atoms with Crippen LogP contribution < -0.4 is 21.3 Å². The molecular weight excluding hydrogens is 444 g/mol. The van der Waals surface area contributed by atoms with Gasteiger partial charge in [-0.25, -0.2) is 13.4 Å². The maximum atomic E-state index is 13.0. The number of hydrogen-bond acceptors (Lipinski definition) is 8. The number of nitrogens with one attached hydrogen (secondary N) is 3. The summed E-state index contributed by atoms with van der Waals surface area (Å²) in [5.74, 6) is 0.439. The fourth-order valence-electron chi connectivity index (χ4n) is 3.97. The first-order valence-electron chi connectivity index (χ1n) is 11.0. The minimum atomic E-state index is -3.75. The molecule has 0 radical (unpaired) electrons. The van der Waals surface area contributed by atoms with Crippen LogP contribution in [-0.4, -0.2) is 61.7 Å². The number of benzene rings is 1. The largest absolute Gasteiger partial charge is 0.496 e. The zero-order valence-electron chi connectivity index (χ0n) is 19.3. The van der Waals surface area contributed by atoms with Crippen LogP contribution in [0.2, 0.25) is 0 Å². The van der Waals surface area contributed by atoms with Crippen molar-refractivity contribution in [3.05, 3.63) is 34.2 Å². The molecule has 1 heterocycles. The Morgan fingerprint density at radius 2 is 2.03 bits per heavy atom. The molecule has 0 amide bonds. The van der Waals surface area contributed by atoms with E-state index in [1.54, 1.807) is 6.92 Å². The normalized spacial score (nSPS) is 14.9. The van der Waals surface area contributed by atoms with Crippen molar-refractivity contribution in [1.82, 2.24) is 14.3 Å². The molecule has 0 atom stereocenters. The number of rotatable bonds is 9. The predicted molar refractivity (Wildman–Crippen MR) is 129 cm³/mol. The van der Waals surface area contributed by atoms with E-state index in [0.29, 0.717) is 11.3 Å². The molecule has 0 saturated heterocycles. The van der Waals surface area contributed by atoms with Gasteiger partial charge in [-0.2, -0.15) is 4.31 Å². The lowest BCUT2D eigenvalue weighted by Gasteiger charge is -2.24. The van der Waals surface area contributed by atoms with E-state index < -0.39 is 10.0 Å². The number of hydrogen-bond donors (Lipinski definition) is 4. The average Bonchev–Trinajstić information content (AvgIpc) is 2.80. The summed E-state index contributed by atoms with van der Waals surface area (Å²) < 4.78 is 32.1. The van der Waals surface area contributed by atoms with Gasteiger partial charge >= 0.3 is 0 Å². The first-order valence-corrected chi connectivity index (χ1v) is 12.4. The van der Waals surface area contributed by atoms with Gasteiger partial charge in [0, 0.05) is 32.2 Å². The summed E-state index contributed by atoms with van der Waals surface area (Å²) in [6.45, 7) is 1.96. The highest BCUT2D eigenvalue weighted by Crippen LogP contribution is 2.31. The fraction of sp³-hybridized carbons (Fsp3) is 0.500. The van der Waals surface area contributed by atoms with Crippen LogP contribution in [0.15, 0.2) is 27.9 Å². The van der Waals surface area contributed by atoms with Gasteiger partial charge in [0.05, 0.1) is 23.3 Å². The quantitative estimate of drug-likeness (QED) is 0.404. The van der Waals surface area contributed by atoms with Crippen molar-refractivity contribution in [2.24, 2.45) is 5.73 Å². The molecule has 10 nitrogen and oxygen atoms in total. The summed E-state index contributed by atoms with van der Waals surface area (Å²) in [4.78, 5) is 20.3. The van der Waals surface area contributed by atoms with Crippen molar-refractivity contribution in [3.63, 3.8) is 0 Å². The third kappa shape index (κ3) is 5.43. The fourth-order valence-corrected chi connectivity index (χ4v) is 5.17. The summed E-state index contributed by atoms with van der Waals surface area (Å²) in [7, 11) is -0.876. The first kappa shape index (κ1) is 24.9. The lowest BCUT2D eigenvalue weighted by atomic mass is 9.95. The maximum Gasteiger partial charge on any atom is 0.275 e. The highest BCUT2D eigenvalue weighted by Gasteiger charge is 2.24. The molecule has 1 aliphatic rings. The van der Waals surface area contributed by atoms with E-state index in [9.17, 15) is 13.2 Å². The van der Waals surface area contributed by atoms with Crippen LogP contribution in [0.3, 0.4) is 0 Å². The van der Waals surface area contributed by atoms with Crippen molar-refractivity contribution in [1.29, 1.82) is 5.41 Å². The monoisotopic (exact) mass is 476 g/mol. The molecule has 0 unspecified atom stereocenters. The summed E-state index contributed by atoms with van der Waals surface area (Å²) in [5.41, 5.74) is 6.24. The molecule has 1 saturated carbocycles. The minimum absolute atomic E-state index is 0.0421. The Hall–Kier alpha value is -2.76. The molecule has 3 rings (SSSR count). The zero-order valence-corrected chi connectivity index (χ0v) is 20.1. The number of nitrogens with zero attached hydrogens (tertiary/aromatic N) is 2. The van der Waals surface area contributed by atoms with Gasteiger partial charge in [-0.3, -0.25) is 4.79 Å².